The van der Waals surface area contributed by atoms with Gasteiger partial charge < -0.3 is 5.11 Å². The maximum Gasteiger partial charge on any atom is 0.236 e. The highest BCUT2D eigenvalue weighted by atomic mass is 16.3. The highest BCUT2D eigenvalue weighted by Gasteiger charge is 2.55. The fraction of sp³-hybridized carbons (Fsp3) is 0.833. The number of carbonyl (C=O) groups excluding carboxylic acids is 2. The third-order valence-corrected chi connectivity index (χ3v) is 3.95. The number of amides is 2. The second-order valence-corrected chi connectivity index (χ2v) is 5.67. The number of carbonyl (C=O) groups is 2. The van der Waals surface area contributed by atoms with E-state index in [1.807, 2.05) is 0 Å². The van der Waals surface area contributed by atoms with Crippen LogP contribution in [0.4, 0.5) is 0 Å². The van der Waals surface area contributed by atoms with Crippen molar-refractivity contribution in [1.29, 1.82) is 0 Å². The Labute approximate surface area is 95.6 Å². The van der Waals surface area contributed by atoms with Crippen molar-refractivity contribution in [3.63, 3.8) is 0 Å². The molecule has 2 aliphatic rings. The number of likely N-dealkylation sites (tertiary alicyclic amines) is 1. The van der Waals surface area contributed by atoms with Gasteiger partial charge in [-0.15, -0.1) is 0 Å². The monoisotopic (exact) mass is 225 g/mol. The normalized spacial score (nSPS) is 24.8. The van der Waals surface area contributed by atoms with Crippen LogP contribution in [-0.2, 0) is 9.59 Å². The topological polar surface area (TPSA) is 57.6 Å². The van der Waals surface area contributed by atoms with Gasteiger partial charge in [-0.1, -0.05) is 12.8 Å². The third kappa shape index (κ3) is 1.47. The number of imide groups is 1. The van der Waals surface area contributed by atoms with Crippen molar-refractivity contribution in [1.82, 2.24) is 4.90 Å². The van der Waals surface area contributed by atoms with Gasteiger partial charge >= 0.3 is 0 Å². The van der Waals surface area contributed by atoms with Crippen LogP contribution in [0.15, 0.2) is 0 Å². The van der Waals surface area contributed by atoms with Gasteiger partial charge in [-0.3, -0.25) is 14.5 Å². The molecule has 16 heavy (non-hydrogen) atoms. The molecule has 0 aromatic heterocycles. The zero-order valence-electron chi connectivity index (χ0n) is 9.95. The van der Waals surface area contributed by atoms with E-state index in [0.717, 1.165) is 25.7 Å². The van der Waals surface area contributed by atoms with E-state index in [2.05, 4.69) is 0 Å². The van der Waals surface area contributed by atoms with Crippen molar-refractivity contribution in [2.24, 2.45) is 5.41 Å². The summed E-state index contributed by atoms with van der Waals surface area (Å²) in [5.74, 6) is -0.181. The number of aliphatic hydroxyl groups is 1. The van der Waals surface area contributed by atoms with Crippen LogP contribution in [0, 0.1) is 5.41 Å². The summed E-state index contributed by atoms with van der Waals surface area (Å²) >= 11 is 0. The van der Waals surface area contributed by atoms with E-state index in [9.17, 15) is 14.7 Å². The summed E-state index contributed by atoms with van der Waals surface area (Å²) in [7, 11) is 0. The number of aliphatic hydroxyl groups excluding tert-OH is 1. The first-order valence-electron chi connectivity index (χ1n) is 5.91. The maximum atomic E-state index is 12.3. The molecule has 1 aliphatic carbocycles. The Bertz CT molecular complexity index is 329. The summed E-state index contributed by atoms with van der Waals surface area (Å²) in [6.07, 6.45) is 4.07. The van der Waals surface area contributed by atoms with Crippen LogP contribution < -0.4 is 0 Å². The average molecular weight is 225 g/mol. The van der Waals surface area contributed by atoms with Gasteiger partial charge in [0.25, 0.3) is 0 Å². The molecular weight excluding hydrogens is 206 g/mol. The van der Waals surface area contributed by atoms with Gasteiger partial charge in [-0.2, -0.15) is 0 Å². The van der Waals surface area contributed by atoms with Crippen molar-refractivity contribution >= 4 is 11.8 Å². The Hall–Kier alpha value is -0.900. The molecule has 0 unspecified atom stereocenters. The smallest absolute Gasteiger partial charge is 0.236 e. The van der Waals surface area contributed by atoms with Crippen molar-refractivity contribution in [2.75, 3.05) is 6.61 Å². The van der Waals surface area contributed by atoms with Gasteiger partial charge in [0, 0.05) is 6.42 Å². The van der Waals surface area contributed by atoms with Crippen molar-refractivity contribution in [2.45, 2.75) is 51.5 Å². The molecule has 0 bridgehead atoms. The lowest BCUT2D eigenvalue weighted by molar-refractivity contribution is -0.149. The Morgan fingerprint density at radius 3 is 2.38 bits per heavy atom. The molecule has 2 fully saturated rings. The SMILES string of the molecule is CC(C)(CO)N1C(=O)CC2(CCCC2)C1=O. The number of nitrogens with zero attached hydrogens (tertiary/aromatic N) is 1. The molecule has 0 aromatic rings. The molecular formula is C12H19NO3. The van der Waals surface area contributed by atoms with Crippen LogP contribution >= 0.6 is 0 Å². The summed E-state index contributed by atoms with van der Waals surface area (Å²) in [6.45, 7) is 3.29. The predicted molar refractivity (Wildman–Crippen MR) is 58.5 cm³/mol. The minimum absolute atomic E-state index is 0.0611. The third-order valence-electron chi connectivity index (χ3n) is 3.95. The first kappa shape index (κ1) is 11.6. The lowest BCUT2D eigenvalue weighted by Gasteiger charge is -2.33. The fourth-order valence-electron chi connectivity index (χ4n) is 2.92. The van der Waals surface area contributed by atoms with E-state index in [0.29, 0.717) is 6.42 Å². The Morgan fingerprint density at radius 1 is 1.31 bits per heavy atom. The molecule has 0 atom stereocenters. The van der Waals surface area contributed by atoms with Gasteiger partial charge in [0.15, 0.2) is 0 Å². The van der Waals surface area contributed by atoms with Crippen LogP contribution in [0.1, 0.15) is 46.0 Å². The van der Waals surface area contributed by atoms with Crippen molar-refractivity contribution < 1.29 is 14.7 Å². The van der Waals surface area contributed by atoms with Crippen molar-refractivity contribution in [3.8, 4) is 0 Å². The average Bonchev–Trinajstić information content (AvgIpc) is 2.75. The molecule has 1 aliphatic heterocycles. The van der Waals surface area contributed by atoms with Crippen LogP contribution in [0.25, 0.3) is 0 Å². The summed E-state index contributed by atoms with van der Waals surface area (Å²) in [4.78, 5) is 25.6. The van der Waals surface area contributed by atoms with Crippen LogP contribution in [0.3, 0.4) is 0 Å². The Kier molecular flexibility index (Phi) is 2.57. The quantitative estimate of drug-likeness (QED) is 0.715. The van der Waals surface area contributed by atoms with E-state index < -0.39 is 11.0 Å². The van der Waals surface area contributed by atoms with E-state index in [1.165, 1.54) is 4.90 Å². The molecule has 1 heterocycles. The summed E-state index contributed by atoms with van der Waals surface area (Å²) < 4.78 is 0. The minimum atomic E-state index is -0.764. The molecule has 0 aromatic carbocycles. The van der Waals surface area contributed by atoms with Crippen LogP contribution in [-0.4, -0.2) is 34.0 Å². The molecule has 0 radical (unpaired) electrons. The standard InChI is InChI=1S/C12H19NO3/c1-11(2,8-14)13-9(15)7-12(10(13)16)5-3-4-6-12/h14H,3-8H2,1-2H3. The van der Waals surface area contributed by atoms with Gasteiger partial charge in [0.2, 0.25) is 11.8 Å². The van der Waals surface area contributed by atoms with E-state index in [-0.39, 0.29) is 18.4 Å². The second kappa shape index (κ2) is 3.55. The lowest BCUT2D eigenvalue weighted by atomic mass is 9.84. The molecule has 90 valence electrons. The second-order valence-electron chi connectivity index (χ2n) is 5.67. The van der Waals surface area contributed by atoms with Crippen LogP contribution in [0.2, 0.25) is 0 Å². The molecule has 4 nitrogen and oxygen atoms in total. The highest BCUT2D eigenvalue weighted by Crippen LogP contribution is 2.48. The number of hydrogen-bond acceptors (Lipinski definition) is 3. The summed E-state index contributed by atoms with van der Waals surface area (Å²) in [5.41, 5.74) is -1.19. The molecule has 1 spiro atoms. The number of hydrogen-bond donors (Lipinski definition) is 1. The van der Waals surface area contributed by atoms with Crippen LogP contribution in [0.5, 0.6) is 0 Å². The first-order valence-corrected chi connectivity index (χ1v) is 5.91. The fourth-order valence-corrected chi connectivity index (χ4v) is 2.92. The first-order chi connectivity index (χ1) is 7.43. The predicted octanol–water partition coefficient (Wildman–Crippen LogP) is 1.08. The van der Waals surface area contributed by atoms with E-state index >= 15 is 0 Å². The van der Waals surface area contributed by atoms with Gasteiger partial charge in [0.1, 0.15) is 0 Å². The van der Waals surface area contributed by atoms with E-state index in [4.69, 9.17) is 0 Å². The van der Waals surface area contributed by atoms with Gasteiger partial charge in [0.05, 0.1) is 17.6 Å². The van der Waals surface area contributed by atoms with Gasteiger partial charge in [-0.05, 0) is 26.7 Å². The Balaban J connectivity index is 2.30. The molecule has 2 rings (SSSR count). The highest BCUT2D eigenvalue weighted by molar-refractivity contribution is 6.06. The summed E-state index contributed by atoms with van der Waals surface area (Å²) in [5, 5.41) is 9.28. The molecule has 1 N–H and O–H groups in total. The summed E-state index contributed by atoms with van der Waals surface area (Å²) in [6, 6.07) is 0. The zero-order chi connectivity index (χ0) is 12.0. The van der Waals surface area contributed by atoms with E-state index in [1.54, 1.807) is 13.8 Å². The Morgan fingerprint density at radius 2 is 1.88 bits per heavy atom. The minimum Gasteiger partial charge on any atom is -0.394 e. The molecule has 1 saturated heterocycles. The molecule has 4 heteroatoms. The van der Waals surface area contributed by atoms with Crippen molar-refractivity contribution in [3.05, 3.63) is 0 Å². The van der Waals surface area contributed by atoms with Gasteiger partial charge in [-0.25, -0.2) is 0 Å². The molecule has 1 saturated carbocycles. The maximum absolute atomic E-state index is 12.3. The molecule has 2 amide bonds. The number of rotatable bonds is 2. The largest absolute Gasteiger partial charge is 0.394 e. The zero-order valence-corrected chi connectivity index (χ0v) is 9.95. The lowest BCUT2D eigenvalue weighted by Crippen LogP contribution is -2.51.